The van der Waals surface area contributed by atoms with E-state index in [1.54, 1.807) is 11.3 Å². The second-order valence-electron chi connectivity index (χ2n) is 5.97. The van der Waals surface area contributed by atoms with Gasteiger partial charge in [0.15, 0.2) is 5.96 Å². The standard InChI is InChI=1S/C14H24N4S/c1-14(2,3)11-10-19-12(17-11)9-16-13(15-4)18-7-5-6-8-18/h10H,5-9H2,1-4H3,(H,15,16). The van der Waals surface area contributed by atoms with Crippen LogP contribution in [0.15, 0.2) is 10.4 Å². The van der Waals surface area contributed by atoms with Crippen LogP contribution in [0.2, 0.25) is 0 Å². The molecule has 2 heterocycles. The Morgan fingerprint density at radius 1 is 1.42 bits per heavy atom. The van der Waals surface area contributed by atoms with Crippen LogP contribution in [0.4, 0.5) is 0 Å². The number of nitrogens with one attached hydrogen (secondary N) is 1. The Morgan fingerprint density at radius 3 is 2.63 bits per heavy atom. The number of likely N-dealkylation sites (tertiary alicyclic amines) is 1. The van der Waals surface area contributed by atoms with Gasteiger partial charge in [0.25, 0.3) is 0 Å². The zero-order chi connectivity index (χ0) is 13.9. The van der Waals surface area contributed by atoms with Gasteiger partial charge in [-0.3, -0.25) is 4.99 Å². The molecule has 1 saturated heterocycles. The third-order valence-electron chi connectivity index (χ3n) is 3.34. The molecule has 0 aromatic carbocycles. The Kier molecular flexibility index (Phi) is 4.45. The van der Waals surface area contributed by atoms with Crippen molar-refractivity contribution in [2.45, 2.75) is 45.6 Å². The van der Waals surface area contributed by atoms with Crippen molar-refractivity contribution in [3.05, 3.63) is 16.1 Å². The van der Waals surface area contributed by atoms with Crippen LogP contribution in [0.1, 0.15) is 44.3 Å². The summed E-state index contributed by atoms with van der Waals surface area (Å²) in [6.07, 6.45) is 2.54. The highest BCUT2D eigenvalue weighted by molar-refractivity contribution is 7.09. The molecule has 2 rings (SSSR count). The van der Waals surface area contributed by atoms with Crippen molar-refractivity contribution in [1.82, 2.24) is 15.2 Å². The summed E-state index contributed by atoms with van der Waals surface area (Å²) in [6, 6.07) is 0. The molecule has 0 bridgehead atoms. The Morgan fingerprint density at radius 2 is 2.11 bits per heavy atom. The van der Waals surface area contributed by atoms with E-state index in [4.69, 9.17) is 4.98 Å². The molecular formula is C14H24N4S. The van der Waals surface area contributed by atoms with Gasteiger partial charge in [-0.25, -0.2) is 4.98 Å². The summed E-state index contributed by atoms with van der Waals surface area (Å²) in [5.74, 6) is 1.00. The maximum Gasteiger partial charge on any atom is 0.193 e. The van der Waals surface area contributed by atoms with Crippen molar-refractivity contribution in [2.75, 3.05) is 20.1 Å². The highest BCUT2D eigenvalue weighted by atomic mass is 32.1. The quantitative estimate of drug-likeness (QED) is 0.669. The normalized spacial score (nSPS) is 17.1. The minimum Gasteiger partial charge on any atom is -0.350 e. The fourth-order valence-electron chi connectivity index (χ4n) is 2.15. The van der Waals surface area contributed by atoms with Crippen LogP contribution >= 0.6 is 11.3 Å². The van der Waals surface area contributed by atoms with E-state index in [1.165, 1.54) is 18.5 Å². The molecule has 0 spiro atoms. The largest absolute Gasteiger partial charge is 0.350 e. The van der Waals surface area contributed by atoms with Gasteiger partial charge in [0.05, 0.1) is 12.2 Å². The van der Waals surface area contributed by atoms with E-state index in [0.717, 1.165) is 30.6 Å². The van der Waals surface area contributed by atoms with E-state index < -0.39 is 0 Å². The molecule has 1 aromatic heterocycles. The molecule has 1 N–H and O–H groups in total. The number of guanidine groups is 1. The molecule has 0 aliphatic carbocycles. The van der Waals surface area contributed by atoms with Gasteiger partial charge < -0.3 is 10.2 Å². The maximum atomic E-state index is 4.70. The molecule has 5 heteroatoms. The SMILES string of the molecule is CN=C(NCc1nc(C(C)(C)C)cs1)N1CCCC1. The zero-order valence-electron chi connectivity index (χ0n) is 12.4. The number of aliphatic imine (C=N–C) groups is 1. The van der Waals surface area contributed by atoms with Gasteiger partial charge >= 0.3 is 0 Å². The number of rotatable bonds is 2. The van der Waals surface area contributed by atoms with E-state index in [2.05, 4.69) is 41.4 Å². The highest BCUT2D eigenvalue weighted by Gasteiger charge is 2.18. The fraction of sp³-hybridized carbons (Fsp3) is 0.714. The molecule has 19 heavy (non-hydrogen) atoms. The second-order valence-corrected chi connectivity index (χ2v) is 6.91. The summed E-state index contributed by atoms with van der Waals surface area (Å²) < 4.78 is 0. The van der Waals surface area contributed by atoms with Gasteiger partial charge in [-0.15, -0.1) is 11.3 Å². The third-order valence-corrected chi connectivity index (χ3v) is 4.18. The van der Waals surface area contributed by atoms with Gasteiger partial charge in [-0.1, -0.05) is 20.8 Å². The molecule has 1 fully saturated rings. The molecule has 0 unspecified atom stereocenters. The van der Waals surface area contributed by atoms with E-state index in [9.17, 15) is 0 Å². The lowest BCUT2D eigenvalue weighted by Gasteiger charge is -2.20. The lowest BCUT2D eigenvalue weighted by atomic mass is 9.93. The molecule has 1 aliphatic heterocycles. The summed E-state index contributed by atoms with van der Waals surface area (Å²) in [7, 11) is 1.85. The lowest BCUT2D eigenvalue weighted by molar-refractivity contribution is 0.493. The second kappa shape index (κ2) is 5.90. The van der Waals surface area contributed by atoms with Crippen molar-refractivity contribution >= 4 is 17.3 Å². The van der Waals surface area contributed by atoms with Gasteiger partial charge in [0, 0.05) is 30.9 Å². The first-order chi connectivity index (χ1) is 9.00. The maximum absolute atomic E-state index is 4.70. The molecule has 106 valence electrons. The minimum absolute atomic E-state index is 0.130. The summed E-state index contributed by atoms with van der Waals surface area (Å²) in [6.45, 7) is 9.59. The number of hydrogen-bond donors (Lipinski definition) is 1. The van der Waals surface area contributed by atoms with Crippen LogP contribution < -0.4 is 5.32 Å². The van der Waals surface area contributed by atoms with E-state index in [1.807, 2.05) is 7.05 Å². The molecule has 0 atom stereocenters. The summed E-state index contributed by atoms with van der Waals surface area (Å²) in [5, 5.41) is 6.71. The number of aromatic nitrogens is 1. The van der Waals surface area contributed by atoms with E-state index in [-0.39, 0.29) is 5.41 Å². The highest BCUT2D eigenvalue weighted by Crippen LogP contribution is 2.23. The van der Waals surface area contributed by atoms with Crippen LogP contribution in [0.25, 0.3) is 0 Å². The fourth-order valence-corrected chi connectivity index (χ4v) is 3.11. The molecular weight excluding hydrogens is 256 g/mol. The van der Waals surface area contributed by atoms with Crippen molar-refractivity contribution in [3.63, 3.8) is 0 Å². The minimum atomic E-state index is 0.130. The Bertz CT molecular complexity index is 439. The first kappa shape index (κ1) is 14.3. The van der Waals surface area contributed by atoms with Gasteiger partial charge in [0.2, 0.25) is 0 Å². The zero-order valence-corrected chi connectivity index (χ0v) is 13.2. The Balaban J connectivity index is 1.92. The predicted octanol–water partition coefficient (Wildman–Crippen LogP) is 2.61. The van der Waals surface area contributed by atoms with Crippen LogP contribution in [0, 0.1) is 0 Å². The summed E-state index contributed by atoms with van der Waals surface area (Å²) in [5.41, 5.74) is 1.30. The molecule has 0 amide bonds. The van der Waals surface area contributed by atoms with Crippen molar-refractivity contribution in [1.29, 1.82) is 0 Å². The van der Waals surface area contributed by atoms with Crippen LogP contribution in [-0.4, -0.2) is 36.0 Å². The van der Waals surface area contributed by atoms with Gasteiger partial charge in [-0.2, -0.15) is 0 Å². The summed E-state index contributed by atoms with van der Waals surface area (Å²) in [4.78, 5) is 11.4. The Hall–Kier alpha value is -1.10. The predicted molar refractivity (Wildman–Crippen MR) is 81.8 cm³/mol. The first-order valence-electron chi connectivity index (χ1n) is 6.91. The van der Waals surface area contributed by atoms with Gasteiger partial charge in [0.1, 0.15) is 5.01 Å². The average molecular weight is 280 g/mol. The molecule has 1 aliphatic rings. The van der Waals surface area contributed by atoms with Crippen molar-refractivity contribution in [2.24, 2.45) is 4.99 Å². The summed E-state index contributed by atoms with van der Waals surface area (Å²) >= 11 is 1.72. The molecule has 0 saturated carbocycles. The molecule has 0 radical (unpaired) electrons. The number of hydrogen-bond acceptors (Lipinski definition) is 3. The topological polar surface area (TPSA) is 40.5 Å². The number of nitrogens with zero attached hydrogens (tertiary/aromatic N) is 3. The van der Waals surface area contributed by atoms with Crippen molar-refractivity contribution in [3.8, 4) is 0 Å². The number of thiazole rings is 1. The van der Waals surface area contributed by atoms with Crippen LogP contribution in [0.3, 0.4) is 0 Å². The molecule has 4 nitrogen and oxygen atoms in total. The average Bonchev–Trinajstić information content (AvgIpc) is 2.99. The lowest BCUT2D eigenvalue weighted by Crippen LogP contribution is -2.39. The van der Waals surface area contributed by atoms with Gasteiger partial charge in [-0.05, 0) is 12.8 Å². The van der Waals surface area contributed by atoms with E-state index >= 15 is 0 Å². The van der Waals surface area contributed by atoms with Crippen molar-refractivity contribution < 1.29 is 0 Å². The Labute approximate surface area is 120 Å². The molecule has 1 aromatic rings. The first-order valence-corrected chi connectivity index (χ1v) is 7.79. The van der Waals surface area contributed by atoms with Crippen LogP contribution in [0.5, 0.6) is 0 Å². The monoisotopic (exact) mass is 280 g/mol. The smallest absolute Gasteiger partial charge is 0.193 e. The third kappa shape index (κ3) is 3.69. The van der Waals surface area contributed by atoms with Crippen LogP contribution in [-0.2, 0) is 12.0 Å². The van der Waals surface area contributed by atoms with E-state index in [0.29, 0.717) is 0 Å².